The summed E-state index contributed by atoms with van der Waals surface area (Å²) >= 11 is 1.47. The van der Waals surface area contributed by atoms with Gasteiger partial charge in [0.25, 0.3) is 5.91 Å². The summed E-state index contributed by atoms with van der Waals surface area (Å²) in [6, 6.07) is 1.93. The van der Waals surface area contributed by atoms with E-state index in [4.69, 9.17) is 0 Å². The zero-order valence-electron chi connectivity index (χ0n) is 12.9. The van der Waals surface area contributed by atoms with Crippen LogP contribution in [0.2, 0.25) is 0 Å². The van der Waals surface area contributed by atoms with Crippen LogP contribution < -0.4 is 0 Å². The standard InChI is InChI=1S/C15H23N3O2S/c1-4-5-6-7-18(8-9-19)14(20)13-10-12-11(2)16-17(3)15(12)21-13/h10,19H,4-9H2,1-3H3. The number of unbranched alkanes of at least 4 members (excludes halogenated alkanes) is 2. The highest BCUT2D eigenvalue weighted by Crippen LogP contribution is 2.28. The third kappa shape index (κ3) is 3.44. The van der Waals surface area contributed by atoms with Crippen LogP contribution in [0.25, 0.3) is 10.2 Å². The average Bonchev–Trinajstić information content (AvgIpc) is 3.00. The Bertz CT molecular complexity index is 583. The largest absolute Gasteiger partial charge is 0.395 e. The predicted octanol–water partition coefficient (Wildman–Crippen LogP) is 2.57. The van der Waals surface area contributed by atoms with Crippen molar-refractivity contribution in [3.05, 3.63) is 16.6 Å². The zero-order valence-corrected chi connectivity index (χ0v) is 13.7. The van der Waals surface area contributed by atoms with E-state index in [1.807, 2.05) is 24.7 Å². The molecular weight excluding hydrogens is 286 g/mol. The van der Waals surface area contributed by atoms with Gasteiger partial charge in [-0.2, -0.15) is 5.10 Å². The van der Waals surface area contributed by atoms with Crippen molar-refractivity contribution in [3.8, 4) is 0 Å². The predicted molar refractivity (Wildman–Crippen MR) is 85.8 cm³/mol. The van der Waals surface area contributed by atoms with Gasteiger partial charge in [0.05, 0.1) is 17.2 Å². The van der Waals surface area contributed by atoms with Gasteiger partial charge in [-0.1, -0.05) is 19.8 Å². The molecule has 0 saturated heterocycles. The topological polar surface area (TPSA) is 58.4 Å². The van der Waals surface area contributed by atoms with E-state index < -0.39 is 0 Å². The number of hydrogen-bond donors (Lipinski definition) is 1. The second-order valence-corrected chi connectivity index (χ2v) is 6.29. The van der Waals surface area contributed by atoms with Gasteiger partial charge < -0.3 is 10.0 Å². The van der Waals surface area contributed by atoms with Crippen molar-refractivity contribution in [1.82, 2.24) is 14.7 Å². The Hall–Kier alpha value is -1.40. The van der Waals surface area contributed by atoms with E-state index in [-0.39, 0.29) is 12.5 Å². The first-order chi connectivity index (χ1) is 10.1. The summed E-state index contributed by atoms with van der Waals surface area (Å²) in [7, 11) is 1.90. The molecule has 21 heavy (non-hydrogen) atoms. The van der Waals surface area contributed by atoms with Gasteiger partial charge in [0.2, 0.25) is 0 Å². The van der Waals surface area contributed by atoms with Crippen LogP contribution in [0.15, 0.2) is 6.07 Å². The lowest BCUT2D eigenvalue weighted by atomic mass is 10.2. The monoisotopic (exact) mass is 309 g/mol. The third-order valence-corrected chi connectivity index (χ3v) is 4.79. The van der Waals surface area contributed by atoms with Crippen molar-refractivity contribution in [1.29, 1.82) is 0 Å². The number of thiophene rings is 1. The molecule has 2 heterocycles. The van der Waals surface area contributed by atoms with Crippen molar-refractivity contribution in [2.75, 3.05) is 19.7 Å². The van der Waals surface area contributed by atoms with Crippen LogP contribution in [0, 0.1) is 6.92 Å². The Kier molecular flexibility index (Phi) is 5.36. The molecule has 0 aromatic carbocycles. The second kappa shape index (κ2) is 7.04. The molecule has 0 aliphatic heterocycles. The number of carbonyl (C=O) groups is 1. The lowest BCUT2D eigenvalue weighted by Crippen LogP contribution is -2.34. The second-order valence-electron chi connectivity index (χ2n) is 5.26. The highest BCUT2D eigenvalue weighted by Gasteiger charge is 2.19. The Morgan fingerprint density at radius 3 is 2.81 bits per heavy atom. The van der Waals surface area contributed by atoms with E-state index in [0.717, 1.165) is 40.1 Å². The molecule has 0 saturated carbocycles. The lowest BCUT2D eigenvalue weighted by molar-refractivity contribution is 0.0723. The molecule has 2 rings (SSSR count). The number of amides is 1. The summed E-state index contributed by atoms with van der Waals surface area (Å²) in [6.45, 7) is 5.20. The fourth-order valence-corrected chi connectivity index (χ4v) is 3.55. The molecule has 6 heteroatoms. The molecular formula is C15H23N3O2S. The fourth-order valence-electron chi connectivity index (χ4n) is 2.45. The van der Waals surface area contributed by atoms with E-state index >= 15 is 0 Å². The van der Waals surface area contributed by atoms with E-state index in [1.54, 1.807) is 4.90 Å². The molecule has 1 amide bonds. The number of hydrogen-bond acceptors (Lipinski definition) is 4. The molecule has 116 valence electrons. The number of rotatable bonds is 7. The summed E-state index contributed by atoms with van der Waals surface area (Å²) in [4.78, 5) is 16.1. The molecule has 0 spiro atoms. The molecule has 0 radical (unpaired) electrons. The smallest absolute Gasteiger partial charge is 0.264 e. The van der Waals surface area contributed by atoms with Crippen LogP contribution >= 0.6 is 11.3 Å². The minimum absolute atomic E-state index is 0.00332. The highest BCUT2D eigenvalue weighted by atomic mass is 32.1. The molecule has 0 fully saturated rings. The molecule has 0 bridgehead atoms. The molecule has 2 aromatic rings. The van der Waals surface area contributed by atoms with Crippen LogP contribution in [-0.2, 0) is 7.05 Å². The van der Waals surface area contributed by atoms with E-state index in [9.17, 15) is 9.90 Å². The van der Waals surface area contributed by atoms with Crippen molar-refractivity contribution in [2.45, 2.75) is 33.1 Å². The fraction of sp³-hybridized carbons (Fsp3) is 0.600. The van der Waals surface area contributed by atoms with Gasteiger partial charge in [0.1, 0.15) is 4.83 Å². The Balaban J connectivity index is 2.19. The first-order valence-corrected chi connectivity index (χ1v) is 8.23. The number of aliphatic hydroxyl groups is 1. The Morgan fingerprint density at radius 1 is 1.43 bits per heavy atom. The summed E-state index contributed by atoms with van der Waals surface area (Å²) in [6.07, 6.45) is 3.20. The summed E-state index contributed by atoms with van der Waals surface area (Å²) in [5, 5.41) is 14.6. The number of aryl methyl sites for hydroxylation is 2. The van der Waals surface area contributed by atoms with Gasteiger partial charge >= 0.3 is 0 Å². The van der Waals surface area contributed by atoms with Gasteiger partial charge in [-0.05, 0) is 19.4 Å². The molecule has 0 aliphatic carbocycles. The third-order valence-electron chi connectivity index (χ3n) is 3.60. The van der Waals surface area contributed by atoms with Crippen molar-refractivity contribution >= 4 is 27.5 Å². The van der Waals surface area contributed by atoms with Crippen molar-refractivity contribution in [3.63, 3.8) is 0 Å². The minimum Gasteiger partial charge on any atom is -0.395 e. The average molecular weight is 309 g/mol. The maximum Gasteiger partial charge on any atom is 0.264 e. The first kappa shape index (κ1) is 16.0. The minimum atomic E-state index is 0.00332. The molecule has 0 unspecified atom stereocenters. The number of aromatic nitrogens is 2. The van der Waals surface area contributed by atoms with Gasteiger partial charge in [0.15, 0.2) is 0 Å². The number of nitrogens with zero attached hydrogens (tertiary/aromatic N) is 3. The number of fused-ring (bicyclic) bond motifs is 1. The van der Waals surface area contributed by atoms with Crippen LogP contribution in [0.4, 0.5) is 0 Å². The summed E-state index contributed by atoms with van der Waals surface area (Å²) in [5.74, 6) is 0.0146. The lowest BCUT2D eigenvalue weighted by Gasteiger charge is -2.20. The van der Waals surface area contributed by atoms with Crippen LogP contribution in [0.3, 0.4) is 0 Å². The van der Waals surface area contributed by atoms with Crippen LogP contribution in [0.5, 0.6) is 0 Å². The first-order valence-electron chi connectivity index (χ1n) is 7.41. The van der Waals surface area contributed by atoms with E-state index in [0.29, 0.717) is 13.1 Å². The molecule has 5 nitrogen and oxygen atoms in total. The Morgan fingerprint density at radius 2 is 2.19 bits per heavy atom. The van der Waals surface area contributed by atoms with E-state index in [1.165, 1.54) is 11.3 Å². The molecule has 1 N–H and O–H groups in total. The molecule has 2 aromatic heterocycles. The zero-order chi connectivity index (χ0) is 15.4. The van der Waals surface area contributed by atoms with Crippen LogP contribution in [0.1, 0.15) is 41.6 Å². The van der Waals surface area contributed by atoms with Gasteiger partial charge in [-0.3, -0.25) is 9.48 Å². The normalized spacial score (nSPS) is 11.2. The van der Waals surface area contributed by atoms with Crippen molar-refractivity contribution in [2.24, 2.45) is 7.05 Å². The van der Waals surface area contributed by atoms with Gasteiger partial charge in [-0.25, -0.2) is 0 Å². The SMILES string of the molecule is CCCCCN(CCO)C(=O)c1cc2c(C)nn(C)c2s1. The summed E-state index contributed by atoms with van der Waals surface area (Å²) < 4.78 is 1.82. The number of aliphatic hydroxyl groups excluding tert-OH is 1. The highest BCUT2D eigenvalue weighted by molar-refractivity contribution is 7.20. The molecule has 0 atom stereocenters. The maximum absolute atomic E-state index is 12.6. The molecule has 0 aliphatic rings. The maximum atomic E-state index is 12.6. The Labute approximate surface area is 129 Å². The van der Waals surface area contributed by atoms with E-state index in [2.05, 4.69) is 12.0 Å². The van der Waals surface area contributed by atoms with Gasteiger partial charge in [0, 0.05) is 25.5 Å². The van der Waals surface area contributed by atoms with Crippen LogP contribution in [-0.4, -0.2) is 45.4 Å². The number of carbonyl (C=O) groups excluding carboxylic acids is 1. The van der Waals surface area contributed by atoms with Gasteiger partial charge in [-0.15, -0.1) is 11.3 Å². The van der Waals surface area contributed by atoms with Crippen molar-refractivity contribution < 1.29 is 9.90 Å². The quantitative estimate of drug-likeness (QED) is 0.800. The summed E-state index contributed by atoms with van der Waals surface area (Å²) in [5.41, 5.74) is 0.947.